The van der Waals surface area contributed by atoms with Crippen LogP contribution in [-0.4, -0.2) is 90.6 Å². The van der Waals surface area contributed by atoms with Crippen molar-refractivity contribution in [3.63, 3.8) is 0 Å². The molecule has 0 aliphatic carbocycles. The summed E-state index contributed by atoms with van der Waals surface area (Å²) in [5.41, 5.74) is 3.00. The Bertz CT molecular complexity index is 2600. The number of rotatable bonds is 10. The zero-order valence-electron chi connectivity index (χ0n) is 32.4. The van der Waals surface area contributed by atoms with E-state index in [1.54, 1.807) is 83.7 Å². The van der Waals surface area contributed by atoms with Crippen LogP contribution < -0.4 is 10.6 Å². The molecule has 3 fully saturated rings. The monoisotopic (exact) mass is 855 g/mol. The zero-order chi connectivity index (χ0) is 41.1. The van der Waals surface area contributed by atoms with Gasteiger partial charge in [0.05, 0.1) is 37.6 Å². The highest BCUT2D eigenvalue weighted by atomic mass is 32.2. The van der Waals surface area contributed by atoms with Crippen molar-refractivity contribution in [2.45, 2.75) is 73.6 Å². The van der Waals surface area contributed by atoms with Crippen molar-refractivity contribution >= 4 is 64.2 Å². The van der Waals surface area contributed by atoms with Gasteiger partial charge in [-0.05, 0) is 97.7 Å². The molecule has 3 saturated heterocycles. The molecule has 308 valence electrons. The summed E-state index contributed by atoms with van der Waals surface area (Å²) in [7, 11) is -6.98. The first kappa shape index (κ1) is 40.7. The van der Waals surface area contributed by atoms with Crippen LogP contribution in [0.15, 0.2) is 107 Å². The first-order valence-electron chi connectivity index (χ1n) is 19.6. The summed E-state index contributed by atoms with van der Waals surface area (Å²) in [6.45, 7) is 4.19. The number of hydrogen-bond acceptors (Lipinski definition) is 10. The van der Waals surface area contributed by atoms with Gasteiger partial charge in [0.1, 0.15) is 5.69 Å². The lowest BCUT2D eigenvalue weighted by Crippen LogP contribution is -2.45. The fourth-order valence-corrected chi connectivity index (χ4v) is 11.6. The fraction of sp³-hybridized carbons (Fsp3) is 0.333. The maximum Gasteiger partial charge on any atom is 0.268 e. The summed E-state index contributed by atoms with van der Waals surface area (Å²) in [6, 6.07) is 20.5. The minimum Gasteiger partial charge on any atom is -0.372 e. The number of aromatic amines is 1. The molecule has 2 amide bonds. The molecule has 7 heterocycles. The van der Waals surface area contributed by atoms with Gasteiger partial charge in [0.25, 0.3) is 11.8 Å². The molecule has 14 nitrogen and oxygen atoms in total. The van der Waals surface area contributed by atoms with E-state index in [0.717, 1.165) is 64.2 Å². The average Bonchev–Trinajstić information content (AvgIpc) is 3.99. The van der Waals surface area contributed by atoms with Crippen molar-refractivity contribution < 1.29 is 31.2 Å². The molecule has 4 aromatic heterocycles. The summed E-state index contributed by atoms with van der Waals surface area (Å²) >= 11 is 1.40. The second-order valence-corrected chi connectivity index (χ2v) is 20.0. The molecule has 17 heteroatoms. The molecule has 0 saturated carbocycles. The summed E-state index contributed by atoms with van der Waals surface area (Å²) in [4.78, 5) is 37.4. The van der Waals surface area contributed by atoms with Gasteiger partial charge in [-0.15, -0.1) is 11.3 Å². The molecule has 3 aliphatic rings. The van der Waals surface area contributed by atoms with Crippen LogP contribution in [0.5, 0.6) is 0 Å². The van der Waals surface area contributed by atoms with Crippen molar-refractivity contribution in [2.75, 3.05) is 26.2 Å². The van der Waals surface area contributed by atoms with Crippen molar-refractivity contribution in [3.05, 3.63) is 119 Å². The van der Waals surface area contributed by atoms with Gasteiger partial charge < -0.3 is 20.4 Å². The number of benzene rings is 2. The lowest BCUT2D eigenvalue weighted by atomic mass is 10.1. The van der Waals surface area contributed by atoms with Gasteiger partial charge in [0.15, 0.2) is 0 Å². The molecule has 3 unspecified atom stereocenters. The van der Waals surface area contributed by atoms with Crippen LogP contribution in [0.2, 0.25) is 0 Å². The molecule has 0 spiro atoms. The van der Waals surface area contributed by atoms with Crippen molar-refractivity contribution in [1.29, 1.82) is 0 Å². The maximum atomic E-state index is 13.0. The molecule has 6 aromatic rings. The number of aromatic nitrogens is 3. The molecule has 2 aromatic carbocycles. The Balaban J connectivity index is 0.000000164. The minimum atomic E-state index is -3.53. The second kappa shape index (κ2) is 17.3. The quantitative estimate of drug-likeness (QED) is 0.149. The molecular formula is C42H45N7O7S3. The number of H-pyrrole nitrogens is 1. The van der Waals surface area contributed by atoms with E-state index in [2.05, 4.69) is 25.6 Å². The minimum absolute atomic E-state index is 0.0118. The van der Waals surface area contributed by atoms with Gasteiger partial charge in [-0.3, -0.25) is 19.6 Å². The maximum absolute atomic E-state index is 13.0. The van der Waals surface area contributed by atoms with Crippen molar-refractivity contribution in [2.24, 2.45) is 0 Å². The third kappa shape index (κ3) is 9.10. The number of sulfonamides is 2. The Morgan fingerprint density at radius 3 is 2.12 bits per heavy atom. The standard InChI is InChI=1S/C21H24N4O3S.C21H21N3O4S2/c1-15(23-21(26)20-13-17-14-22-10-9-19(17)24-20)16-5-7-18(8-6-16)29(27,28)25-11-3-2-4-12-25;25-21(19-9-15-7-8-22-11-20(15)29-19)23-10-14-1-5-18(6-2-14)30(26,27)24-12-16-3-4-17(13-24)28-16/h5-10,13-15,24H,2-4,11-12H2,1H3,(H,23,26);1-2,5-9,11,16-17H,3-4,10,12-13H2,(H,23,25). The third-order valence-electron chi connectivity index (χ3n) is 10.9. The number of carbonyl (C=O) groups is 2. The van der Waals surface area contributed by atoms with Crippen LogP contribution >= 0.6 is 11.3 Å². The highest BCUT2D eigenvalue weighted by Crippen LogP contribution is 2.30. The Morgan fingerprint density at radius 2 is 1.44 bits per heavy atom. The van der Waals surface area contributed by atoms with E-state index >= 15 is 0 Å². The lowest BCUT2D eigenvalue weighted by Gasteiger charge is -2.31. The lowest BCUT2D eigenvalue weighted by molar-refractivity contribution is -0.0114. The van der Waals surface area contributed by atoms with Gasteiger partial charge in [0, 0.05) is 68.4 Å². The number of thiophene rings is 1. The molecule has 0 radical (unpaired) electrons. The van der Waals surface area contributed by atoms with Gasteiger partial charge in [-0.25, -0.2) is 16.8 Å². The van der Waals surface area contributed by atoms with Crippen LogP contribution in [0.25, 0.3) is 21.0 Å². The van der Waals surface area contributed by atoms with Crippen LogP contribution in [0, 0.1) is 0 Å². The van der Waals surface area contributed by atoms with E-state index < -0.39 is 20.0 Å². The van der Waals surface area contributed by atoms with E-state index in [4.69, 9.17) is 4.74 Å². The average molecular weight is 856 g/mol. The Hall–Kier alpha value is -5.04. The fourth-order valence-electron chi connectivity index (χ4n) is 7.60. The largest absolute Gasteiger partial charge is 0.372 e. The molecule has 9 rings (SSSR count). The van der Waals surface area contributed by atoms with Gasteiger partial charge in [-0.2, -0.15) is 8.61 Å². The number of morpholine rings is 1. The number of carbonyl (C=O) groups excluding carboxylic acids is 2. The van der Waals surface area contributed by atoms with E-state index in [0.29, 0.717) is 48.2 Å². The number of amides is 2. The van der Waals surface area contributed by atoms with E-state index in [-0.39, 0.29) is 35.0 Å². The first-order chi connectivity index (χ1) is 28.4. The zero-order valence-corrected chi connectivity index (χ0v) is 34.9. The molecular weight excluding hydrogens is 811 g/mol. The number of hydrogen-bond donors (Lipinski definition) is 3. The predicted molar refractivity (Wildman–Crippen MR) is 225 cm³/mol. The highest BCUT2D eigenvalue weighted by molar-refractivity contribution is 7.89. The van der Waals surface area contributed by atoms with Gasteiger partial charge >= 0.3 is 0 Å². The predicted octanol–water partition coefficient (Wildman–Crippen LogP) is 6.01. The Morgan fingerprint density at radius 1 is 0.797 bits per heavy atom. The number of nitrogens with one attached hydrogen (secondary N) is 3. The van der Waals surface area contributed by atoms with Crippen LogP contribution in [0.4, 0.5) is 0 Å². The normalized spacial score (nSPS) is 19.2. The van der Waals surface area contributed by atoms with E-state index in [1.807, 2.05) is 25.1 Å². The number of nitrogens with zero attached hydrogens (tertiary/aromatic N) is 4. The molecule has 2 bridgehead atoms. The number of piperidine rings is 1. The third-order valence-corrected chi connectivity index (χ3v) is 15.8. The summed E-state index contributed by atoms with van der Waals surface area (Å²) in [5.74, 6) is -0.379. The highest BCUT2D eigenvalue weighted by Gasteiger charge is 2.39. The first-order valence-corrected chi connectivity index (χ1v) is 23.3. The van der Waals surface area contributed by atoms with Gasteiger partial charge in [-0.1, -0.05) is 30.7 Å². The smallest absolute Gasteiger partial charge is 0.268 e. The Kier molecular flexibility index (Phi) is 11.9. The summed E-state index contributed by atoms with van der Waals surface area (Å²) in [5, 5.41) is 7.70. The Labute approximate surface area is 347 Å². The molecule has 3 atom stereocenters. The summed E-state index contributed by atoms with van der Waals surface area (Å²) in [6.07, 6.45) is 11.6. The van der Waals surface area contributed by atoms with Crippen LogP contribution in [0.3, 0.4) is 0 Å². The van der Waals surface area contributed by atoms with E-state index in [1.165, 1.54) is 15.6 Å². The van der Waals surface area contributed by atoms with Crippen LogP contribution in [-0.2, 0) is 31.3 Å². The molecule has 59 heavy (non-hydrogen) atoms. The topological polar surface area (TPSA) is 184 Å². The van der Waals surface area contributed by atoms with Gasteiger partial charge in [0.2, 0.25) is 20.0 Å². The molecule has 3 N–H and O–H groups in total. The number of fused-ring (bicyclic) bond motifs is 4. The second-order valence-electron chi connectivity index (χ2n) is 15.0. The molecule has 3 aliphatic heterocycles. The van der Waals surface area contributed by atoms with Crippen molar-refractivity contribution in [3.8, 4) is 0 Å². The van der Waals surface area contributed by atoms with Crippen molar-refractivity contribution in [1.82, 2.24) is 34.2 Å². The number of pyridine rings is 2. The summed E-state index contributed by atoms with van der Waals surface area (Å²) < 4.78 is 61.2. The SMILES string of the molecule is CC(NC(=O)c1cc2cnccc2[nH]1)c1ccc(S(=O)(=O)N2CCCCC2)cc1.O=C(NCc1ccc(S(=O)(=O)N2CC3CCC(C2)O3)cc1)c1cc2ccncc2s1. The number of ether oxygens (including phenoxy) is 1. The van der Waals surface area contributed by atoms with E-state index in [9.17, 15) is 26.4 Å². The van der Waals surface area contributed by atoms with Crippen LogP contribution in [0.1, 0.15) is 76.4 Å².